The maximum atomic E-state index is 13.4. The predicted molar refractivity (Wildman–Crippen MR) is 73.2 cm³/mol. The van der Waals surface area contributed by atoms with Crippen LogP contribution in [0.5, 0.6) is 0 Å². The Morgan fingerprint density at radius 1 is 0.944 bits per heavy atom. The lowest BCUT2D eigenvalue weighted by Gasteiger charge is -2.21. The van der Waals surface area contributed by atoms with Gasteiger partial charge in [0.25, 0.3) is 0 Å². The zero-order valence-electron chi connectivity index (χ0n) is 11.0. The van der Waals surface area contributed by atoms with Gasteiger partial charge in [-0.1, -0.05) is 30.3 Å². The Balaban J connectivity index is 2.52. The van der Waals surface area contributed by atoms with E-state index >= 15 is 0 Å². The standard InChI is InChI=1S/C16H18FN/c1-11-6-4-5-7-14(11)16(18-3)15-10-13(17)9-8-12(15)2/h4-10,16,18H,1-3H3. The van der Waals surface area contributed by atoms with Crippen LogP contribution in [0.1, 0.15) is 28.3 Å². The molecule has 1 N–H and O–H groups in total. The van der Waals surface area contributed by atoms with E-state index < -0.39 is 0 Å². The Bertz CT molecular complexity index is 549. The maximum Gasteiger partial charge on any atom is 0.123 e. The van der Waals surface area contributed by atoms with Crippen molar-refractivity contribution in [3.63, 3.8) is 0 Å². The van der Waals surface area contributed by atoms with Gasteiger partial charge in [0.1, 0.15) is 5.82 Å². The Kier molecular flexibility index (Phi) is 3.78. The van der Waals surface area contributed by atoms with Crippen molar-refractivity contribution in [1.82, 2.24) is 5.32 Å². The average Bonchev–Trinajstić information content (AvgIpc) is 2.36. The first-order chi connectivity index (χ1) is 8.63. The van der Waals surface area contributed by atoms with Crippen molar-refractivity contribution >= 4 is 0 Å². The van der Waals surface area contributed by atoms with Gasteiger partial charge < -0.3 is 5.32 Å². The predicted octanol–water partition coefficient (Wildman–Crippen LogP) is 3.75. The lowest BCUT2D eigenvalue weighted by molar-refractivity contribution is 0.614. The van der Waals surface area contributed by atoms with E-state index in [4.69, 9.17) is 0 Å². The highest BCUT2D eigenvalue weighted by atomic mass is 19.1. The van der Waals surface area contributed by atoms with Crippen LogP contribution in [0.4, 0.5) is 4.39 Å². The quantitative estimate of drug-likeness (QED) is 0.865. The van der Waals surface area contributed by atoms with E-state index in [1.807, 2.05) is 32.2 Å². The summed E-state index contributed by atoms with van der Waals surface area (Å²) in [5.74, 6) is -0.190. The molecule has 94 valence electrons. The molecule has 2 heteroatoms. The molecule has 0 spiro atoms. The molecule has 2 rings (SSSR count). The maximum absolute atomic E-state index is 13.4. The molecule has 0 aliphatic heterocycles. The van der Waals surface area contributed by atoms with Gasteiger partial charge in [0, 0.05) is 0 Å². The first-order valence-corrected chi connectivity index (χ1v) is 6.12. The van der Waals surface area contributed by atoms with E-state index in [1.54, 1.807) is 6.07 Å². The Morgan fingerprint density at radius 3 is 2.28 bits per heavy atom. The van der Waals surface area contributed by atoms with E-state index in [9.17, 15) is 4.39 Å². The highest BCUT2D eigenvalue weighted by Crippen LogP contribution is 2.27. The van der Waals surface area contributed by atoms with Crippen molar-refractivity contribution in [1.29, 1.82) is 0 Å². The summed E-state index contributed by atoms with van der Waals surface area (Å²) >= 11 is 0. The Hall–Kier alpha value is -1.67. The monoisotopic (exact) mass is 243 g/mol. The van der Waals surface area contributed by atoms with Crippen LogP contribution in [0, 0.1) is 19.7 Å². The van der Waals surface area contributed by atoms with Crippen molar-refractivity contribution in [2.45, 2.75) is 19.9 Å². The Morgan fingerprint density at radius 2 is 1.61 bits per heavy atom. The van der Waals surface area contributed by atoms with Crippen molar-refractivity contribution in [3.8, 4) is 0 Å². The van der Waals surface area contributed by atoms with Crippen LogP contribution >= 0.6 is 0 Å². The Labute approximate surface area is 108 Å². The fourth-order valence-corrected chi connectivity index (χ4v) is 2.31. The minimum Gasteiger partial charge on any atom is -0.309 e. The number of halogens is 1. The van der Waals surface area contributed by atoms with Gasteiger partial charge in [-0.15, -0.1) is 0 Å². The fraction of sp³-hybridized carbons (Fsp3) is 0.250. The van der Waals surface area contributed by atoms with Crippen molar-refractivity contribution in [3.05, 3.63) is 70.5 Å². The summed E-state index contributed by atoms with van der Waals surface area (Å²) in [6.45, 7) is 4.09. The van der Waals surface area contributed by atoms with Crippen LogP contribution in [0.3, 0.4) is 0 Å². The van der Waals surface area contributed by atoms with Gasteiger partial charge in [0.2, 0.25) is 0 Å². The zero-order valence-corrected chi connectivity index (χ0v) is 11.0. The number of benzene rings is 2. The van der Waals surface area contributed by atoms with Crippen LogP contribution in [0.25, 0.3) is 0 Å². The van der Waals surface area contributed by atoms with Gasteiger partial charge in [0.15, 0.2) is 0 Å². The average molecular weight is 243 g/mol. The third-order valence-corrected chi connectivity index (χ3v) is 3.34. The van der Waals surface area contributed by atoms with Crippen LogP contribution in [0.2, 0.25) is 0 Å². The molecule has 0 amide bonds. The second-order valence-electron chi connectivity index (χ2n) is 4.58. The molecule has 0 saturated heterocycles. The highest BCUT2D eigenvalue weighted by Gasteiger charge is 2.16. The number of nitrogens with one attached hydrogen (secondary N) is 1. The van der Waals surface area contributed by atoms with Gasteiger partial charge in [-0.05, 0) is 55.3 Å². The van der Waals surface area contributed by atoms with E-state index in [0.29, 0.717) is 0 Å². The smallest absolute Gasteiger partial charge is 0.123 e. The SMILES string of the molecule is CNC(c1ccccc1C)c1cc(F)ccc1C. The first kappa shape index (κ1) is 12.8. The lowest BCUT2D eigenvalue weighted by atomic mass is 9.92. The first-order valence-electron chi connectivity index (χ1n) is 6.12. The van der Waals surface area contributed by atoms with E-state index in [-0.39, 0.29) is 11.9 Å². The summed E-state index contributed by atoms with van der Waals surface area (Å²) in [6.07, 6.45) is 0. The molecule has 0 aliphatic carbocycles. The second-order valence-corrected chi connectivity index (χ2v) is 4.58. The van der Waals surface area contributed by atoms with Crippen LogP contribution in [-0.4, -0.2) is 7.05 Å². The minimum absolute atomic E-state index is 0.0295. The summed E-state index contributed by atoms with van der Waals surface area (Å²) in [5.41, 5.74) is 4.49. The van der Waals surface area contributed by atoms with Crippen LogP contribution in [-0.2, 0) is 0 Å². The van der Waals surface area contributed by atoms with Crippen molar-refractivity contribution < 1.29 is 4.39 Å². The van der Waals surface area contributed by atoms with E-state index in [0.717, 1.165) is 11.1 Å². The third kappa shape index (κ3) is 2.44. The summed E-state index contributed by atoms with van der Waals surface area (Å²) in [5, 5.41) is 3.28. The molecule has 1 unspecified atom stereocenters. The number of hydrogen-bond acceptors (Lipinski definition) is 1. The highest BCUT2D eigenvalue weighted by molar-refractivity contribution is 5.40. The molecule has 18 heavy (non-hydrogen) atoms. The molecule has 0 aliphatic rings. The second kappa shape index (κ2) is 5.32. The molecule has 1 atom stereocenters. The van der Waals surface area contributed by atoms with Gasteiger partial charge >= 0.3 is 0 Å². The van der Waals surface area contributed by atoms with Crippen molar-refractivity contribution in [2.24, 2.45) is 0 Å². The number of aryl methyl sites for hydroxylation is 2. The summed E-state index contributed by atoms with van der Waals surface area (Å²) < 4.78 is 13.4. The zero-order chi connectivity index (χ0) is 13.1. The third-order valence-electron chi connectivity index (χ3n) is 3.34. The van der Waals surface area contributed by atoms with Crippen LogP contribution in [0.15, 0.2) is 42.5 Å². The molecular formula is C16H18FN. The molecule has 0 radical (unpaired) electrons. The minimum atomic E-state index is -0.190. The fourth-order valence-electron chi connectivity index (χ4n) is 2.31. The van der Waals surface area contributed by atoms with Gasteiger partial charge in [-0.3, -0.25) is 0 Å². The molecule has 1 nitrogen and oxygen atoms in total. The number of hydrogen-bond donors (Lipinski definition) is 1. The number of rotatable bonds is 3. The normalized spacial score (nSPS) is 12.4. The summed E-state index contributed by atoms with van der Waals surface area (Å²) in [4.78, 5) is 0. The molecule has 0 heterocycles. The molecule has 0 bridgehead atoms. The molecular weight excluding hydrogens is 225 g/mol. The molecule has 0 saturated carbocycles. The van der Waals surface area contributed by atoms with Crippen molar-refractivity contribution in [2.75, 3.05) is 7.05 Å². The molecule has 2 aromatic carbocycles. The molecule has 0 fully saturated rings. The molecule has 0 aromatic heterocycles. The summed E-state index contributed by atoms with van der Waals surface area (Å²) in [7, 11) is 1.90. The van der Waals surface area contributed by atoms with Crippen LogP contribution < -0.4 is 5.32 Å². The largest absolute Gasteiger partial charge is 0.309 e. The van der Waals surface area contributed by atoms with Gasteiger partial charge in [0.05, 0.1) is 6.04 Å². The van der Waals surface area contributed by atoms with Gasteiger partial charge in [-0.25, -0.2) is 4.39 Å². The summed E-state index contributed by atoms with van der Waals surface area (Å²) in [6, 6.07) is 13.2. The topological polar surface area (TPSA) is 12.0 Å². The lowest BCUT2D eigenvalue weighted by Crippen LogP contribution is -2.19. The van der Waals surface area contributed by atoms with Gasteiger partial charge in [-0.2, -0.15) is 0 Å². The molecule has 2 aromatic rings. The van der Waals surface area contributed by atoms with E-state index in [1.165, 1.54) is 17.2 Å². The van der Waals surface area contributed by atoms with E-state index in [2.05, 4.69) is 24.4 Å².